The molecule has 3 aliphatic carbocycles. The van der Waals surface area contributed by atoms with Gasteiger partial charge >= 0.3 is 41.3 Å². The molecule has 2 unspecified atom stereocenters. The van der Waals surface area contributed by atoms with E-state index in [0.717, 1.165) is 12.8 Å². The molecule has 0 bridgehead atoms. The summed E-state index contributed by atoms with van der Waals surface area (Å²) in [6, 6.07) is 21.8. The minimum absolute atomic E-state index is 0. The molecule has 8 N–H and O–H groups in total. The van der Waals surface area contributed by atoms with Crippen molar-refractivity contribution in [2.75, 3.05) is 0 Å². The fourth-order valence-electron chi connectivity index (χ4n) is 6.54. The second-order valence-corrected chi connectivity index (χ2v) is 20.2. The zero-order valence-corrected chi connectivity index (χ0v) is 42.8. The van der Waals surface area contributed by atoms with Crippen LogP contribution in [0.5, 0.6) is 11.5 Å². The third-order valence-electron chi connectivity index (χ3n) is 9.57. The average molecular weight is 1330 g/mol. The van der Waals surface area contributed by atoms with Gasteiger partial charge in [0, 0.05) is 11.1 Å². The van der Waals surface area contributed by atoms with Crippen LogP contribution in [0.15, 0.2) is 160 Å². The van der Waals surface area contributed by atoms with Gasteiger partial charge in [0.1, 0.15) is 11.5 Å². The van der Waals surface area contributed by atoms with Crippen molar-refractivity contribution in [3.63, 3.8) is 0 Å². The number of ketones is 2. The number of hydrogen-bond acceptors (Lipinski definition) is 8. The minimum atomic E-state index is -4.24. The van der Waals surface area contributed by atoms with Crippen LogP contribution in [0.3, 0.4) is 0 Å². The third kappa shape index (κ3) is 13.6. The van der Waals surface area contributed by atoms with E-state index in [0.29, 0.717) is 62.5 Å². The largest absolute Gasteiger partial charge is 4.00 e. The van der Waals surface area contributed by atoms with Crippen LogP contribution in [-0.2, 0) is 50.9 Å². The second-order valence-electron chi connectivity index (χ2n) is 13.9. The predicted octanol–water partition coefficient (Wildman–Crippen LogP) is 9.97. The van der Waals surface area contributed by atoms with E-state index in [1.54, 1.807) is 85.0 Å². The van der Waals surface area contributed by atoms with Crippen LogP contribution < -0.4 is 0 Å². The zero-order valence-electron chi connectivity index (χ0n) is 32.5. The molecule has 2 atom stereocenters. The average Bonchev–Trinajstić information content (AvgIpc) is 3.22. The Balaban J connectivity index is 0.000000232. The Kier molecular flexibility index (Phi) is 18.8. The van der Waals surface area contributed by atoms with Crippen molar-refractivity contribution in [3.05, 3.63) is 184 Å². The van der Waals surface area contributed by atoms with E-state index >= 15 is 0 Å². The summed E-state index contributed by atoms with van der Waals surface area (Å²) < 4.78 is 64.6. The van der Waals surface area contributed by atoms with Gasteiger partial charge in [-0.05, 0) is 158 Å². The van der Waals surface area contributed by atoms with Crippen LogP contribution in [0, 0.1) is 0 Å². The van der Waals surface area contributed by atoms with E-state index in [2.05, 4.69) is 63.7 Å². The van der Waals surface area contributed by atoms with Crippen molar-refractivity contribution in [2.45, 2.75) is 47.6 Å². The molecule has 19 heteroatoms. The maximum Gasteiger partial charge on any atom is 4.00 e. The first kappa shape index (κ1) is 52.2. The fraction of sp³-hybridized carbons (Fsp3) is 0.136. The smallest absolute Gasteiger partial charge is 0.676 e. The molecule has 3 aliphatic rings. The molecule has 0 heterocycles. The van der Waals surface area contributed by atoms with Crippen LogP contribution in [-0.4, -0.2) is 59.8 Å². The number of benzene rings is 4. The maximum atomic E-state index is 12.0. The van der Waals surface area contributed by atoms with Gasteiger partial charge in [-0.1, -0.05) is 86.4 Å². The number of hydrogen-bond donors (Lipinski definition) is 2. The number of nitrogens with one attached hydrogen (secondary N) is 2. The molecule has 4 aromatic carbocycles. The summed E-state index contributed by atoms with van der Waals surface area (Å²) in [5.41, 5.74) is 18.7. The predicted molar refractivity (Wildman–Crippen MR) is 255 cm³/mol. The SMILES string of the molecule is O=C1C=CC(=C(c2ccc(O)c(Br)c2)c2ccccc2S(=O)(=O)[OH2+])C=C1Br.O=C1C=CC(=C(c2ccc(O)c(Br)c2)c2ccccc2S(=O)(=O)[OH2+])C=C1Br.[NH-]C1CCCCC1[NH-].[Pt+4]. The van der Waals surface area contributed by atoms with Crippen LogP contribution in [0.2, 0.25) is 0 Å². The normalized spacial score (nSPS) is 19.0. The summed E-state index contributed by atoms with van der Waals surface area (Å²) >= 11 is 13.0. The Bertz CT molecular complexity index is 2660. The Morgan fingerprint density at radius 3 is 1.22 bits per heavy atom. The van der Waals surface area contributed by atoms with Gasteiger partial charge in [0.15, 0.2) is 21.4 Å². The topological polar surface area (TPSA) is 236 Å². The van der Waals surface area contributed by atoms with Crippen molar-refractivity contribution in [2.24, 2.45) is 0 Å². The molecule has 0 aliphatic heterocycles. The van der Waals surface area contributed by atoms with E-state index in [4.69, 9.17) is 20.6 Å². The molecular weight excluding hydrogens is 1300 g/mol. The van der Waals surface area contributed by atoms with Crippen molar-refractivity contribution in [1.82, 2.24) is 0 Å². The van der Waals surface area contributed by atoms with Gasteiger partial charge in [0.25, 0.3) is 0 Å². The molecule has 330 valence electrons. The van der Waals surface area contributed by atoms with E-state index < -0.39 is 20.2 Å². The number of phenols is 2. The monoisotopic (exact) mass is 1330 g/mol. The number of aromatic hydroxyl groups is 2. The number of rotatable bonds is 6. The summed E-state index contributed by atoms with van der Waals surface area (Å²) in [5.74, 6) is -0.330. The number of phenolic OH excluding ortho intramolecular Hbond substituents is 2. The molecule has 1 saturated carbocycles. The fourth-order valence-corrected chi connectivity index (χ4v) is 9.49. The van der Waals surface area contributed by atoms with E-state index in [-0.39, 0.29) is 66.0 Å². The van der Waals surface area contributed by atoms with Crippen LogP contribution in [0.25, 0.3) is 22.6 Å². The van der Waals surface area contributed by atoms with Gasteiger partial charge in [-0.25, -0.2) is 0 Å². The number of carbonyl (C=O) groups is 2. The molecule has 12 nitrogen and oxygen atoms in total. The molecule has 0 aromatic heterocycles. The van der Waals surface area contributed by atoms with Crippen molar-refractivity contribution < 1.29 is 66.8 Å². The van der Waals surface area contributed by atoms with Gasteiger partial charge in [0.2, 0.25) is 0 Å². The molecule has 0 amide bonds. The van der Waals surface area contributed by atoms with Gasteiger partial charge in [-0.3, -0.25) is 9.59 Å². The first-order chi connectivity index (χ1) is 29.2. The number of halogens is 4. The molecule has 0 radical (unpaired) electrons. The Labute approximate surface area is 412 Å². The standard InChI is InChI=1S/2C19H12Br2O5S.C6H12N2.Pt/c2*20-14-9-11(5-7-16(14)22)19(12-6-8-17(23)15(21)10-12)13-3-1-2-4-18(13)27(24,25)26;7-5-3-1-2-4-6(5)8;/h2*1-10,22H,(H,24,25,26);5-8H,1-4H2;/q;;-2;+4/p+2. The van der Waals surface area contributed by atoms with E-state index in [9.17, 15) is 36.6 Å². The second kappa shape index (κ2) is 22.7. The van der Waals surface area contributed by atoms with Crippen molar-refractivity contribution in [3.8, 4) is 11.5 Å². The summed E-state index contributed by atoms with van der Waals surface area (Å²) in [7, 11) is -8.47. The molecule has 4 aromatic rings. The first-order valence-corrected chi connectivity index (χ1v) is 24.6. The third-order valence-corrected chi connectivity index (χ3v) is 14.0. The van der Waals surface area contributed by atoms with Gasteiger partial charge in [-0.2, -0.15) is 12.1 Å². The summed E-state index contributed by atoms with van der Waals surface area (Å²) in [5, 5.41) is 19.6. The van der Waals surface area contributed by atoms with Crippen molar-refractivity contribution in [1.29, 1.82) is 0 Å². The Morgan fingerprint density at radius 2 is 0.921 bits per heavy atom. The molecule has 0 saturated heterocycles. The number of allylic oxidation sites excluding steroid dienone is 10. The minimum Gasteiger partial charge on any atom is -0.676 e. The summed E-state index contributed by atoms with van der Waals surface area (Å²) in [6.07, 6.45) is 13.4. The molecular formula is C44H38Br4N2O10PtS2+4. The summed E-state index contributed by atoms with van der Waals surface area (Å²) in [6.45, 7) is 0. The molecule has 7 rings (SSSR count). The molecule has 63 heavy (non-hydrogen) atoms. The van der Waals surface area contributed by atoms with Crippen molar-refractivity contribution >= 4 is 107 Å². The quantitative estimate of drug-likeness (QED) is 0.176. The van der Waals surface area contributed by atoms with E-state index in [1.165, 1.54) is 49.3 Å². The molecule has 0 spiro atoms. The maximum absolute atomic E-state index is 12.0. The zero-order chi connectivity index (χ0) is 45.5. The van der Waals surface area contributed by atoms with E-state index in [1.807, 2.05) is 0 Å². The number of carbonyl (C=O) groups excluding carboxylic acids is 2. The van der Waals surface area contributed by atoms with Crippen LogP contribution in [0.4, 0.5) is 0 Å². The molecule has 1 fully saturated rings. The van der Waals surface area contributed by atoms with Crippen LogP contribution in [0.1, 0.15) is 47.9 Å². The van der Waals surface area contributed by atoms with Crippen LogP contribution >= 0.6 is 63.7 Å². The van der Waals surface area contributed by atoms with Gasteiger partial charge < -0.3 is 30.8 Å². The van der Waals surface area contributed by atoms with Gasteiger partial charge in [0.05, 0.1) is 17.9 Å². The van der Waals surface area contributed by atoms with Gasteiger partial charge in [-0.15, -0.1) is 16.8 Å². The Morgan fingerprint density at radius 1 is 0.571 bits per heavy atom. The summed E-state index contributed by atoms with van der Waals surface area (Å²) in [4.78, 5) is 23.2. The Hall–Kier alpha value is -3.39. The first-order valence-electron chi connectivity index (χ1n) is 18.4.